The molecule has 19 heavy (non-hydrogen) atoms. The van der Waals surface area contributed by atoms with E-state index in [1.807, 2.05) is 12.3 Å². The minimum absolute atomic E-state index is 0.00531. The van der Waals surface area contributed by atoms with Crippen LogP contribution in [-0.4, -0.2) is 16.8 Å². The van der Waals surface area contributed by atoms with Gasteiger partial charge in [0.05, 0.1) is 5.69 Å². The molecule has 1 aromatic heterocycles. The summed E-state index contributed by atoms with van der Waals surface area (Å²) in [7, 11) is 0. The van der Waals surface area contributed by atoms with Gasteiger partial charge < -0.3 is 5.32 Å². The van der Waals surface area contributed by atoms with E-state index in [1.54, 1.807) is 24.3 Å². The fourth-order valence-electron chi connectivity index (χ4n) is 1.46. The lowest BCUT2D eigenvalue weighted by molar-refractivity contribution is 0.101. The van der Waals surface area contributed by atoms with Gasteiger partial charge in [-0.05, 0) is 38.1 Å². The number of benzene rings is 1. The number of ketones is 1. The van der Waals surface area contributed by atoms with Crippen molar-refractivity contribution in [3.8, 4) is 0 Å². The molecule has 0 aliphatic rings. The summed E-state index contributed by atoms with van der Waals surface area (Å²) in [6.45, 7) is 3.36. The fraction of sp³-hybridized carbons (Fsp3) is 0.154. The van der Waals surface area contributed by atoms with Crippen molar-refractivity contribution >= 4 is 34.0 Å². The third kappa shape index (κ3) is 3.62. The van der Waals surface area contributed by atoms with Crippen LogP contribution >= 0.6 is 11.3 Å². The summed E-state index contributed by atoms with van der Waals surface area (Å²) >= 11 is 1.37. The number of hydrogen-bond acceptors (Lipinski definition) is 4. The summed E-state index contributed by atoms with van der Waals surface area (Å²) in [5.74, 6) is -0.00531. The second-order valence-electron chi connectivity index (χ2n) is 4.01. The number of nitrogens with zero attached hydrogens (tertiary/aromatic N) is 1. The van der Waals surface area contributed by atoms with Gasteiger partial charge in [0.1, 0.15) is 0 Å². The maximum atomic E-state index is 11.7. The quantitative estimate of drug-likeness (QED) is 0.844. The Labute approximate surface area is 114 Å². The summed E-state index contributed by atoms with van der Waals surface area (Å²) in [5, 5.41) is 7.72. The van der Waals surface area contributed by atoms with Crippen molar-refractivity contribution in [2.75, 3.05) is 10.6 Å². The first kappa shape index (κ1) is 13.2. The molecule has 2 amide bonds. The monoisotopic (exact) mass is 275 g/mol. The number of carbonyl (C=O) groups excluding carboxylic acids is 2. The van der Waals surface area contributed by atoms with E-state index in [2.05, 4.69) is 15.6 Å². The SMILES string of the molecule is CC(=O)c1ccc(NC(=O)Nc2nc(C)cs2)cc1. The third-order valence-electron chi connectivity index (χ3n) is 2.39. The van der Waals surface area contributed by atoms with E-state index >= 15 is 0 Å². The maximum Gasteiger partial charge on any atom is 0.325 e. The third-order valence-corrected chi connectivity index (χ3v) is 3.26. The van der Waals surface area contributed by atoms with E-state index in [1.165, 1.54) is 18.3 Å². The molecule has 98 valence electrons. The van der Waals surface area contributed by atoms with Crippen LogP contribution < -0.4 is 10.6 Å². The number of urea groups is 1. The van der Waals surface area contributed by atoms with Gasteiger partial charge in [-0.3, -0.25) is 10.1 Å². The van der Waals surface area contributed by atoms with Crippen molar-refractivity contribution in [2.24, 2.45) is 0 Å². The Morgan fingerprint density at radius 2 is 1.84 bits per heavy atom. The molecule has 0 aliphatic heterocycles. The zero-order valence-corrected chi connectivity index (χ0v) is 11.4. The zero-order valence-electron chi connectivity index (χ0n) is 10.6. The fourth-order valence-corrected chi connectivity index (χ4v) is 2.14. The number of amides is 2. The summed E-state index contributed by atoms with van der Waals surface area (Å²) in [5.41, 5.74) is 2.10. The highest BCUT2D eigenvalue weighted by molar-refractivity contribution is 7.13. The average molecular weight is 275 g/mol. The lowest BCUT2D eigenvalue weighted by atomic mass is 10.1. The van der Waals surface area contributed by atoms with Crippen molar-refractivity contribution in [1.29, 1.82) is 0 Å². The van der Waals surface area contributed by atoms with E-state index in [9.17, 15) is 9.59 Å². The number of aryl methyl sites for hydroxylation is 1. The summed E-state index contributed by atoms with van der Waals surface area (Å²) in [6, 6.07) is 6.36. The number of hydrogen-bond donors (Lipinski definition) is 2. The number of carbonyl (C=O) groups is 2. The maximum absolute atomic E-state index is 11.7. The van der Waals surface area contributed by atoms with E-state index in [4.69, 9.17) is 0 Å². The topological polar surface area (TPSA) is 71.1 Å². The van der Waals surface area contributed by atoms with Crippen molar-refractivity contribution in [3.63, 3.8) is 0 Å². The highest BCUT2D eigenvalue weighted by Crippen LogP contribution is 2.15. The van der Waals surface area contributed by atoms with Crippen LogP contribution in [0.4, 0.5) is 15.6 Å². The molecule has 2 rings (SSSR count). The summed E-state index contributed by atoms with van der Waals surface area (Å²) < 4.78 is 0. The Morgan fingerprint density at radius 1 is 1.16 bits per heavy atom. The van der Waals surface area contributed by atoms with Gasteiger partial charge in [-0.25, -0.2) is 9.78 Å². The molecule has 0 aliphatic carbocycles. The molecule has 0 saturated carbocycles. The molecule has 0 saturated heterocycles. The van der Waals surface area contributed by atoms with Crippen molar-refractivity contribution in [1.82, 2.24) is 4.98 Å². The number of Topliss-reactive ketones (excluding diaryl/α,β-unsaturated/α-hetero) is 1. The molecule has 0 fully saturated rings. The van der Waals surface area contributed by atoms with Crippen LogP contribution in [0.15, 0.2) is 29.6 Å². The van der Waals surface area contributed by atoms with Crippen LogP contribution in [-0.2, 0) is 0 Å². The van der Waals surface area contributed by atoms with Crippen LogP contribution in [0.2, 0.25) is 0 Å². The average Bonchev–Trinajstić information content (AvgIpc) is 2.75. The number of rotatable bonds is 3. The molecule has 2 N–H and O–H groups in total. The van der Waals surface area contributed by atoms with Gasteiger partial charge in [0, 0.05) is 16.6 Å². The molecular weight excluding hydrogens is 262 g/mol. The molecule has 0 spiro atoms. The molecular formula is C13H13N3O2S. The molecule has 0 radical (unpaired) electrons. The molecule has 2 aromatic rings. The van der Waals surface area contributed by atoms with Crippen LogP contribution in [0, 0.1) is 6.92 Å². The highest BCUT2D eigenvalue weighted by atomic mass is 32.1. The predicted molar refractivity (Wildman–Crippen MR) is 75.9 cm³/mol. The van der Waals surface area contributed by atoms with Gasteiger partial charge in [0.2, 0.25) is 0 Å². The Balaban J connectivity index is 1.97. The Bertz CT molecular complexity index is 605. The Morgan fingerprint density at radius 3 is 2.37 bits per heavy atom. The normalized spacial score (nSPS) is 10.0. The minimum atomic E-state index is -0.357. The molecule has 5 nitrogen and oxygen atoms in total. The number of anilines is 2. The number of nitrogens with one attached hydrogen (secondary N) is 2. The van der Waals surface area contributed by atoms with E-state index < -0.39 is 0 Å². The molecule has 1 aromatic carbocycles. The van der Waals surface area contributed by atoms with Gasteiger partial charge in [0.25, 0.3) is 0 Å². The van der Waals surface area contributed by atoms with Crippen molar-refractivity contribution in [3.05, 3.63) is 40.9 Å². The van der Waals surface area contributed by atoms with Gasteiger partial charge in [-0.2, -0.15) is 0 Å². The highest BCUT2D eigenvalue weighted by Gasteiger charge is 2.06. The van der Waals surface area contributed by atoms with E-state index in [0.29, 0.717) is 16.4 Å². The largest absolute Gasteiger partial charge is 0.325 e. The standard InChI is InChI=1S/C13H13N3O2S/c1-8-7-19-13(14-8)16-12(18)15-11-5-3-10(4-6-11)9(2)17/h3-7H,1-2H3,(H2,14,15,16,18). The van der Waals surface area contributed by atoms with Gasteiger partial charge in [0.15, 0.2) is 10.9 Å². The summed E-state index contributed by atoms with van der Waals surface area (Å²) in [6.07, 6.45) is 0. The number of thiazole rings is 1. The van der Waals surface area contributed by atoms with Crippen LogP contribution in [0.5, 0.6) is 0 Å². The van der Waals surface area contributed by atoms with Crippen molar-refractivity contribution < 1.29 is 9.59 Å². The zero-order chi connectivity index (χ0) is 13.8. The molecule has 1 heterocycles. The first-order chi connectivity index (χ1) is 9.04. The second kappa shape index (κ2) is 5.62. The molecule has 6 heteroatoms. The van der Waals surface area contributed by atoms with E-state index in [-0.39, 0.29) is 11.8 Å². The number of aromatic nitrogens is 1. The Hall–Kier alpha value is -2.21. The predicted octanol–water partition coefficient (Wildman–Crippen LogP) is 3.30. The van der Waals surface area contributed by atoms with Gasteiger partial charge in [-0.15, -0.1) is 11.3 Å². The lowest BCUT2D eigenvalue weighted by Gasteiger charge is -2.05. The van der Waals surface area contributed by atoms with Gasteiger partial charge >= 0.3 is 6.03 Å². The van der Waals surface area contributed by atoms with Crippen LogP contribution in [0.3, 0.4) is 0 Å². The van der Waals surface area contributed by atoms with E-state index in [0.717, 1.165) is 5.69 Å². The molecule has 0 bridgehead atoms. The summed E-state index contributed by atoms with van der Waals surface area (Å²) in [4.78, 5) is 26.9. The van der Waals surface area contributed by atoms with Crippen LogP contribution in [0.1, 0.15) is 23.0 Å². The second-order valence-corrected chi connectivity index (χ2v) is 4.86. The smallest absolute Gasteiger partial charge is 0.308 e. The van der Waals surface area contributed by atoms with Gasteiger partial charge in [-0.1, -0.05) is 0 Å². The first-order valence-corrected chi connectivity index (χ1v) is 6.53. The van der Waals surface area contributed by atoms with Crippen molar-refractivity contribution in [2.45, 2.75) is 13.8 Å². The lowest BCUT2D eigenvalue weighted by Crippen LogP contribution is -2.19. The molecule has 0 unspecified atom stereocenters. The Kier molecular flexibility index (Phi) is 3.91. The minimum Gasteiger partial charge on any atom is -0.308 e. The first-order valence-electron chi connectivity index (χ1n) is 5.66. The van der Waals surface area contributed by atoms with Crippen LogP contribution in [0.25, 0.3) is 0 Å². The molecule has 0 atom stereocenters.